The minimum absolute atomic E-state index is 0.162. The van der Waals surface area contributed by atoms with Crippen molar-refractivity contribution in [3.8, 4) is 0 Å². The van der Waals surface area contributed by atoms with Crippen molar-refractivity contribution in [2.45, 2.75) is 130 Å². The van der Waals surface area contributed by atoms with Gasteiger partial charge in [-0.25, -0.2) is 0 Å². The lowest BCUT2D eigenvalue weighted by Crippen LogP contribution is -2.26. The maximum atomic E-state index is 6.22. The first-order valence-electron chi connectivity index (χ1n) is 15.3. The first-order chi connectivity index (χ1) is 18.0. The Labute approximate surface area is 229 Å². The maximum Gasteiger partial charge on any atom is 0.0818 e. The Bertz CT molecular complexity index is 750. The van der Waals surface area contributed by atoms with E-state index in [1.54, 1.807) is 0 Å². The normalized spacial score (nSPS) is 12.6. The van der Waals surface area contributed by atoms with Gasteiger partial charge in [-0.05, 0) is 42.2 Å². The van der Waals surface area contributed by atoms with Crippen molar-refractivity contribution >= 4 is 0 Å². The van der Waals surface area contributed by atoms with Crippen LogP contribution in [0.3, 0.4) is 0 Å². The molecule has 0 aliphatic rings. The molecular formula is C35H56O2. The summed E-state index contributed by atoms with van der Waals surface area (Å²) >= 11 is 0. The fourth-order valence-corrected chi connectivity index (χ4v) is 4.97. The standard InChI is InChI=1S/C35H56O2/c1-35(2,3)29-34(37-30-33-26-20-16-21-27-33)31-36-28-22-14-12-10-8-6-4-5-7-9-11-13-17-23-32-24-18-15-19-25-32/h15-16,18-21,24-27,34H,4-14,17,22-23,28-31H2,1-3H3. The SMILES string of the molecule is CC(C)(C)CC(COCCCCCCCCCCCCCCCc1ccccc1)OCc1ccccc1. The quantitative estimate of drug-likeness (QED) is 0.147. The lowest BCUT2D eigenvalue weighted by molar-refractivity contribution is -0.0430. The average molecular weight is 509 g/mol. The van der Waals surface area contributed by atoms with Crippen molar-refractivity contribution in [2.75, 3.05) is 13.2 Å². The van der Waals surface area contributed by atoms with Crippen LogP contribution in [0.25, 0.3) is 0 Å². The minimum atomic E-state index is 0.162. The number of unbranched alkanes of at least 4 members (excludes halogenated alkanes) is 12. The fourth-order valence-electron chi connectivity index (χ4n) is 4.97. The van der Waals surface area contributed by atoms with Crippen LogP contribution in [-0.4, -0.2) is 19.3 Å². The summed E-state index contributed by atoms with van der Waals surface area (Å²) in [5.41, 5.74) is 2.97. The second-order valence-corrected chi connectivity index (χ2v) is 12.1. The predicted octanol–water partition coefficient (Wildman–Crippen LogP) is 10.3. The van der Waals surface area contributed by atoms with Gasteiger partial charge in [0.1, 0.15) is 0 Å². The van der Waals surface area contributed by atoms with E-state index in [1.807, 2.05) is 0 Å². The van der Waals surface area contributed by atoms with Gasteiger partial charge in [-0.1, -0.05) is 152 Å². The van der Waals surface area contributed by atoms with Gasteiger partial charge >= 0.3 is 0 Å². The average Bonchev–Trinajstić information content (AvgIpc) is 2.89. The molecule has 1 atom stereocenters. The van der Waals surface area contributed by atoms with Crippen molar-refractivity contribution < 1.29 is 9.47 Å². The molecule has 0 N–H and O–H groups in total. The molecule has 0 saturated carbocycles. The van der Waals surface area contributed by atoms with Crippen LogP contribution in [-0.2, 0) is 22.5 Å². The van der Waals surface area contributed by atoms with Gasteiger partial charge in [0.2, 0.25) is 0 Å². The summed E-state index contributed by atoms with van der Waals surface area (Å²) in [5, 5.41) is 0. The van der Waals surface area contributed by atoms with Crippen LogP contribution in [0.4, 0.5) is 0 Å². The van der Waals surface area contributed by atoms with Crippen molar-refractivity contribution in [3.63, 3.8) is 0 Å². The van der Waals surface area contributed by atoms with E-state index in [0.29, 0.717) is 13.2 Å². The van der Waals surface area contributed by atoms with Crippen molar-refractivity contribution in [3.05, 3.63) is 71.8 Å². The van der Waals surface area contributed by atoms with E-state index < -0.39 is 0 Å². The first kappa shape index (κ1) is 31.6. The summed E-state index contributed by atoms with van der Waals surface area (Å²) in [5.74, 6) is 0. The van der Waals surface area contributed by atoms with E-state index in [-0.39, 0.29) is 11.5 Å². The molecule has 2 aromatic carbocycles. The van der Waals surface area contributed by atoms with Crippen LogP contribution in [0.5, 0.6) is 0 Å². The van der Waals surface area contributed by atoms with E-state index in [4.69, 9.17) is 9.47 Å². The molecule has 0 aromatic heterocycles. The summed E-state index contributed by atoms with van der Waals surface area (Å²) in [6.07, 6.45) is 20.3. The minimum Gasteiger partial charge on any atom is -0.379 e. The highest BCUT2D eigenvalue weighted by Gasteiger charge is 2.19. The number of aryl methyl sites for hydroxylation is 1. The molecule has 2 aromatic rings. The maximum absolute atomic E-state index is 6.22. The summed E-state index contributed by atoms with van der Waals surface area (Å²) in [6.45, 7) is 9.07. The van der Waals surface area contributed by atoms with Crippen LogP contribution in [0.2, 0.25) is 0 Å². The van der Waals surface area contributed by atoms with Gasteiger partial charge < -0.3 is 9.47 Å². The molecule has 2 nitrogen and oxygen atoms in total. The predicted molar refractivity (Wildman–Crippen MR) is 160 cm³/mol. The molecule has 0 radical (unpaired) electrons. The van der Waals surface area contributed by atoms with Crippen LogP contribution >= 0.6 is 0 Å². The highest BCUT2D eigenvalue weighted by molar-refractivity contribution is 5.14. The Morgan fingerprint density at radius 2 is 1.03 bits per heavy atom. The summed E-state index contributed by atoms with van der Waals surface area (Å²) < 4.78 is 12.3. The Morgan fingerprint density at radius 3 is 1.54 bits per heavy atom. The summed E-state index contributed by atoms with van der Waals surface area (Å²) in [7, 11) is 0. The first-order valence-corrected chi connectivity index (χ1v) is 15.3. The van der Waals surface area contributed by atoms with Crippen LogP contribution < -0.4 is 0 Å². The van der Waals surface area contributed by atoms with E-state index in [0.717, 1.165) is 13.0 Å². The molecule has 0 heterocycles. The van der Waals surface area contributed by atoms with Crippen molar-refractivity contribution in [1.82, 2.24) is 0 Å². The number of ether oxygens (including phenoxy) is 2. The van der Waals surface area contributed by atoms with E-state index >= 15 is 0 Å². The van der Waals surface area contributed by atoms with Gasteiger partial charge in [0.15, 0.2) is 0 Å². The van der Waals surface area contributed by atoms with Gasteiger partial charge in [0.25, 0.3) is 0 Å². The number of rotatable bonds is 22. The van der Waals surface area contributed by atoms with Crippen LogP contribution in [0.15, 0.2) is 60.7 Å². The van der Waals surface area contributed by atoms with E-state index in [9.17, 15) is 0 Å². The Morgan fingerprint density at radius 1 is 0.568 bits per heavy atom. The van der Waals surface area contributed by atoms with Gasteiger partial charge in [-0.15, -0.1) is 0 Å². The van der Waals surface area contributed by atoms with E-state index in [2.05, 4.69) is 81.4 Å². The summed E-state index contributed by atoms with van der Waals surface area (Å²) in [6, 6.07) is 21.4. The molecule has 0 aliphatic heterocycles. The molecule has 2 heteroatoms. The number of hydrogen-bond acceptors (Lipinski definition) is 2. The molecule has 0 fully saturated rings. The molecular weight excluding hydrogens is 452 g/mol. The van der Waals surface area contributed by atoms with Gasteiger partial charge in [0.05, 0.1) is 19.3 Å². The van der Waals surface area contributed by atoms with Crippen molar-refractivity contribution in [1.29, 1.82) is 0 Å². The molecule has 0 spiro atoms. The fraction of sp³-hybridized carbons (Fsp3) is 0.657. The highest BCUT2D eigenvalue weighted by Crippen LogP contribution is 2.23. The van der Waals surface area contributed by atoms with Crippen molar-refractivity contribution in [2.24, 2.45) is 5.41 Å². The van der Waals surface area contributed by atoms with Crippen LogP contribution in [0.1, 0.15) is 122 Å². The lowest BCUT2D eigenvalue weighted by atomic mass is 9.89. The Balaban J connectivity index is 1.35. The molecule has 2 rings (SSSR count). The molecule has 0 saturated heterocycles. The number of benzene rings is 2. The molecule has 0 bridgehead atoms. The third-order valence-corrected chi connectivity index (χ3v) is 7.07. The second-order valence-electron chi connectivity index (χ2n) is 12.1. The smallest absolute Gasteiger partial charge is 0.0818 e. The highest BCUT2D eigenvalue weighted by atomic mass is 16.5. The zero-order valence-electron chi connectivity index (χ0n) is 24.4. The molecule has 0 amide bonds. The number of hydrogen-bond donors (Lipinski definition) is 0. The zero-order valence-corrected chi connectivity index (χ0v) is 24.4. The molecule has 1 unspecified atom stereocenters. The third kappa shape index (κ3) is 18.3. The van der Waals surface area contributed by atoms with Gasteiger partial charge in [0, 0.05) is 6.61 Å². The van der Waals surface area contributed by atoms with Crippen LogP contribution in [0, 0.1) is 5.41 Å². The molecule has 208 valence electrons. The largest absolute Gasteiger partial charge is 0.379 e. The third-order valence-electron chi connectivity index (χ3n) is 7.07. The Hall–Kier alpha value is -1.64. The lowest BCUT2D eigenvalue weighted by Gasteiger charge is -2.26. The zero-order chi connectivity index (χ0) is 26.4. The van der Waals surface area contributed by atoms with Gasteiger partial charge in [-0.2, -0.15) is 0 Å². The second kappa shape index (κ2) is 20.3. The topological polar surface area (TPSA) is 18.5 Å². The monoisotopic (exact) mass is 508 g/mol. The summed E-state index contributed by atoms with van der Waals surface area (Å²) in [4.78, 5) is 0. The van der Waals surface area contributed by atoms with Gasteiger partial charge in [-0.3, -0.25) is 0 Å². The Kier molecular flexibility index (Phi) is 17.4. The molecule has 0 aliphatic carbocycles. The van der Waals surface area contributed by atoms with E-state index in [1.165, 1.54) is 101 Å². The molecule has 37 heavy (non-hydrogen) atoms.